The van der Waals surface area contributed by atoms with E-state index in [9.17, 15) is 0 Å². The third kappa shape index (κ3) is 3.30. The fraction of sp³-hybridized carbons (Fsp3) is 0.833. The molecule has 1 aromatic rings. The molecule has 3 nitrogen and oxygen atoms in total. The molecule has 1 atom stereocenters. The number of rotatable bonds is 4. The Labute approximate surface area is 107 Å². The van der Waals surface area contributed by atoms with E-state index in [1.54, 1.807) is 6.33 Å². The van der Waals surface area contributed by atoms with Crippen molar-refractivity contribution in [2.45, 2.75) is 47.1 Å². The minimum atomic E-state index is 0.289. The Morgan fingerprint density at radius 2 is 2.00 bits per heavy atom. The van der Waals surface area contributed by atoms with E-state index in [0.717, 1.165) is 17.6 Å². The molecule has 0 aliphatic carbocycles. The Kier molecular flexibility index (Phi) is 4.53. The Bertz CT molecular complexity index is 325. The molecule has 0 aliphatic rings. The lowest BCUT2D eigenvalue weighted by Gasteiger charge is -2.29. The molecule has 0 fully saturated rings. The average molecular weight is 288 g/mol. The molecule has 0 saturated heterocycles. The van der Waals surface area contributed by atoms with E-state index < -0.39 is 0 Å². The number of aromatic nitrogens is 3. The summed E-state index contributed by atoms with van der Waals surface area (Å²) in [5.41, 5.74) is 0.289. The van der Waals surface area contributed by atoms with Crippen molar-refractivity contribution in [3.05, 3.63) is 12.2 Å². The van der Waals surface area contributed by atoms with Gasteiger partial charge in [0.05, 0.1) is 0 Å². The summed E-state index contributed by atoms with van der Waals surface area (Å²) in [7, 11) is 0. The summed E-state index contributed by atoms with van der Waals surface area (Å²) < 4.78 is 2.02. The Balaban J connectivity index is 2.82. The van der Waals surface area contributed by atoms with Crippen molar-refractivity contribution in [3.63, 3.8) is 0 Å². The molecule has 1 aromatic heterocycles. The van der Waals surface area contributed by atoms with Crippen LogP contribution in [0.5, 0.6) is 0 Å². The summed E-state index contributed by atoms with van der Waals surface area (Å²) in [5, 5.41) is 5.28. The fourth-order valence-corrected chi connectivity index (χ4v) is 2.86. The van der Waals surface area contributed by atoms with Crippen LogP contribution in [0.25, 0.3) is 0 Å². The number of alkyl halides is 1. The molecule has 0 saturated carbocycles. The van der Waals surface area contributed by atoms with Crippen molar-refractivity contribution < 1.29 is 0 Å². The van der Waals surface area contributed by atoms with Gasteiger partial charge < -0.3 is 0 Å². The van der Waals surface area contributed by atoms with Gasteiger partial charge in [0.1, 0.15) is 12.2 Å². The average Bonchev–Trinajstić information content (AvgIpc) is 2.59. The molecule has 0 bridgehead atoms. The van der Waals surface area contributed by atoms with E-state index in [-0.39, 0.29) is 5.41 Å². The molecule has 0 aromatic carbocycles. The molecule has 4 heteroatoms. The maximum Gasteiger partial charge on any atom is 0.138 e. The van der Waals surface area contributed by atoms with Gasteiger partial charge in [0.25, 0.3) is 0 Å². The first-order valence-electron chi connectivity index (χ1n) is 5.80. The predicted octanol–water partition coefficient (Wildman–Crippen LogP) is 3.46. The van der Waals surface area contributed by atoms with Crippen molar-refractivity contribution in [3.8, 4) is 0 Å². The molecule has 92 valence electrons. The van der Waals surface area contributed by atoms with Crippen molar-refractivity contribution in [2.24, 2.45) is 11.3 Å². The topological polar surface area (TPSA) is 30.7 Å². The predicted molar refractivity (Wildman–Crippen MR) is 70.9 cm³/mol. The van der Waals surface area contributed by atoms with Crippen molar-refractivity contribution >= 4 is 15.9 Å². The van der Waals surface area contributed by atoms with Gasteiger partial charge in [-0.15, -0.1) is 0 Å². The maximum absolute atomic E-state index is 4.37. The first kappa shape index (κ1) is 13.7. The van der Waals surface area contributed by atoms with Crippen molar-refractivity contribution in [1.82, 2.24) is 14.8 Å². The summed E-state index contributed by atoms with van der Waals surface area (Å²) in [6.45, 7) is 11.1. The van der Waals surface area contributed by atoms with Crippen LogP contribution in [-0.2, 0) is 6.42 Å². The summed E-state index contributed by atoms with van der Waals surface area (Å²) in [6, 6.07) is 0.383. The molecule has 0 radical (unpaired) electrons. The van der Waals surface area contributed by atoms with Gasteiger partial charge in [-0.25, -0.2) is 9.67 Å². The molecule has 0 amide bonds. The van der Waals surface area contributed by atoms with Crippen LogP contribution >= 0.6 is 15.9 Å². The molecule has 1 unspecified atom stereocenters. The SMILES string of the molecule is CC(C)n1ncnc1CC(CBr)C(C)(C)C. The lowest BCUT2D eigenvalue weighted by molar-refractivity contribution is 0.259. The van der Waals surface area contributed by atoms with Crippen LogP contribution in [-0.4, -0.2) is 20.1 Å². The van der Waals surface area contributed by atoms with Crippen LogP contribution in [0.1, 0.15) is 46.5 Å². The quantitative estimate of drug-likeness (QED) is 0.794. The van der Waals surface area contributed by atoms with Crippen LogP contribution in [0.3, 0.4) is 0 Å². The zero-order chi connectivity index (χ0) is 12.3. The third-order valence-electron chi connectivity index (χ3n) is 2.98. The van der Waals surface area contributed by atoms with Crippen LogP contribution in [0.2, 0.25) is 0 Å². The smallest absolute Gasteiger partial charge is 0.138 e. The lowest BCUT2D eigenvalue weighted by atomic mass is 9.80. The molecular weight excluding hydrogens is 266 g/mol. The summed E-state index contributed by atoms with van der Waals surface area (Å²) in [5.74, 6) is 1.67. The van der Waals surface area contributed by atoms with Crippen molar-refractivity contribution in [2.75, 3.05) is 5.33 Å². The van der Waals surface area contributed by atoms with E-state index in [2.05, 4.69) is 60.6 Å². The van der Waals surface area contributed by atoms with E-state index in [1.165, 1.54) is 0 Å². The van der Waals surface area contributed by atoms with Gasteiger partial charge in [0.15, 0.2) is 0 Å². The first-order valence-corrected chi connectivity index (χ1v) is 6.92. The van der Waals surface area contributed by atoms with Gasteiger partial charge in [0, 0.05) is 17.8 Å². The largest absolute Gasteiger partial charge is 0.248 e. The summed E-state index contributed by atoms with van der Waals surface area (Å²) in [6.07, 6.45) is 2.64. The minimum Gasteiger partial charge on any atom is -0.248 e. The Morgan fingerprint density at radius 1 is 1.38 bits per heavy atom. The van der Waals surface area contributed by atoms with Gasteiger partial charge in [-0.3, -0.25) is 0 Å². The summed E-state index contributed by atoms with van der Waals surface area (Å²) >= 11 is 3.60. The highest BCUT2D eigenvalue weighted by atomic mass is 79.9. The number of nitrogens with zero attached hydrogens (tertiary/aromatic N) is 3. The van der Waals surface area contributed by atoms with Crippen molar-refractivity contribution in [1.29, 1.82) is 0 Å². The van der Waals surface area contributed by atoms with Gasteiger partial charge in [-0.05, 0) is 25.2 Å². The van der Waals surface area contributed by atoms with E-state index >= 15 is 0 Å². The Morgan fingerprint density at radius 3 is 2.44 bits per heavy atom. The Hall–Kier alpha value is -0.380. The summed E-state index contributed by atoms with van der Waals surface area (Å²) in [4.78, 5) is 4.37. The number of hydrogen-bond acceptors (Lipinski definition) is 2. The molecule has 16 heavy (non-hydrogen) atoms. The number of halogens is 1. The lowest BCUT2D eigenvalue weighted by Crippen LogP contribution is -2.26. The van der Waals surface area contributed by atoms with Gasteiger partial charge in [0.2, 0.25) is 0 Å². The zero-order valence-electron chi connectivity index (χ0n) is 10.9. The second-order valence-corrected chi connectivity index (χ2v) is 6.28. The van der Waals surface area contributed by atoms with Crippen LogP contribution in [0, 0.1) is 11.3 Å². The van der Waals surface area contributed by atoms with E-state index in [1.807, 2.05) is 4.68 Å². The normalized spacial score (nSPS) is 14.4. The minimum absolute atomic E-state index is 0.289. The van der Waals surface area contributed by atoms with Crippen LogP contribution < -0.4 is 0 Å². The van der Waals surface area contributed by atoms with E-state index in [0.29, 0.717) is 12.0 Å². The number of hydrogen-bond donors (Lipinski definition) is 0. The highest BCUT2D eigenvalue weighted by Gasteiger charge is 2.25. The monoisotopic (exact) mass is 287 g/mol. The van der Waals surface area contributed by atoms with Gasteiger partial charge in [-0.1, -0.05) is 36.7 Å². The first-order chi connectivity index (χ1) is 7.36. The standard InChI is InChI=1S/C12H22BrN3/c1-9(2)16-11(14-8-15-16)6-10(7-13)12(3,4)5/h8-10H,6-7H2,1-5H3. The highest BCUT2D eigenvalue weighted by molar-refractivity contribution is 9.09. The third-order valence-corrected chi connectivity index (χ3v) is 3.76. The molecule has 1 heterocycles. The second-order valence-electron chi connectivity index (χ2n) is 5.64. The fourth-order valence-electron chi connectivity index (χ4n) is 1.66. The zero-order valence-corrected chi connectivity index (χ0v) is 12.5. The molecule has 0 spiro atoms. The van der Waals surface area contributed by atoms with Crippen LogP contribution in [0.15, 0.2) is 6.33 Å². The molecule has 0 aliphatic heterocycles. The molecule has 1 rings (SSSR count). The van der Waals surface area contributed by atoms with Crippen LogP contribution in [0.4, 0.5) is 0 Å². The van der Waals surface area contributed by atoms with Gasteiger partial charge >= 0.3 is 0 Å². The van der Waals surface area contributed by atoms with E-state index in [4.69, 9.17) is 0 Å². The highest BCUT2D eigenvalue weighted by Crippen LogP contribution is 2.30. The maximum atomic E-state index is 4.37. The molecular formula is C12H22BrN3. The molecule has 0 N–H and O–H groups in total. The van der Waals surface area contributed by atoms with Gasteiger partial charge in [-0.2, -0.15) is 5.10 Å². The second kappa shape index (κ2) is 5.30.